The molecule has 0 aliphatic carbocycles. The summed E-state index contributed by atoms with van der Waals surface area (Å²) < 4.78 is 5.19. The third-order valence-electron chi connectivity index (χ3n) is 3.58. The van der Waals surface area contributed by atoms with Gasteiger partial charge < -0.3 is 15.1 Å². The number of aromatic nitrogens is 1. The number of carbonyl (C=O) groups excluding carboxylic acids is 2. The van der Waals surface area contributed by atoms with Crippen molar-refractivity contribution in [2.24, 2.45) is 0 Å². The van der Waals surface area contributed by atoms with Gasteiger partial charge in [0.05, 0.1) is 6.54 Å². The molecule has 0 fully saturated rings. The van der Waals surface area contributed by atoms with Crippen molar-refractivity contribution < 1.29 is 14.0 Å². The summed E-state index contributed by atoms with van der Waals surface area (Å²) in [5, 5.41) is 5.38. The summed E-state index contributed by atoms with van der Waals surface area (Å²) in [6, 6.07) is 14.5. The Hall–Kier alpha value is -3.15. The third kappa shape index (κ3) is 3.98. The van der Waals surface area contributed by atoms with E-state index in [9.17, 15) is 9.59 Å². The maximum atomic E-state index is 11.8. The number of carbonyl (C=O) groups is 2. The number of benzene rings is 2. The van der Waals surface area contributed by atoms with Crippen LogP contribution in [0.3, 0.4) is 0 Å². The fourth-order valence-electron chi connectivity index (χ4n) is 2.32. The molecule has 6 nitrogen and oxygen atoms in total. The Morgan fingerprint density at radius 1 is 1.04 bits per heavy atom. The van der Waals surface area contributed by atoms with E-state index in [1.165, 1.54) is 6.39 Å². The fourth-order valence-corrected chi connectivity index (χ4v) is 2.32. The van der Waals surface area contributed by atoms with E-state index in [-0.39, 0.29) is 18.4 Å². The molecule has 2 aromatic carbocycles. The van der Waals surface area contributed by atoms with E-state index in [1.54, 1.807) is 24.3 Å². The van der Waals surface area contributed by atoms with Crippen LogP contribution in [0.4, 0.5) is 0 Å². The Balaban J connectivity index is 1.41. The first-order chi connectivity index (χ1) is 11.7. The van der Waals surface area contributed by atoms with Gasteiger partial charge in [0.1, 0.15) is 5.52 Å². The van der Waals surface area contributed by atoms with E-state index in [1.807, 2.05) is 24.3 Å². The van der Waals surface area contributed by atoms with Crippen LogP contribution in [0.1, 0.15) is 15.9 Å². The molecule has 2 N–H and O–H groups in total. The highest BCUT2D eigenvalue weighted by Crippen LogP contribution is 2.14. The smallest absolute Gasteiger partial charge is 0.251 e. The van der Waals surface area contributed by atoms with Gasteiger partial charge in [-0.3, -0.25) is 9.59 Å². The van der Waals surface area contributed by atoms with Crippen LogP contribution in [0, 0.1) is 0 Å². The minimum absolute atomic E-state index is 0.0456. The first-order valence-corrected chi connectivity index (χ1v) is 7.64. The quantitative estimate of drug-likeness (QED) is 0.726. The Kier molecular flexibility index (Phi) is 4.86. The lowest BCUT2D eigenvalue weighted by atomic mass is 10.1. The van der Waals surface area contributed by atoms with Crippen LogP contribution < -0.4 is 10.6 Å². The number of nitrogens with one attached hydrogen (secondary N) is 2. The van der Waals surface area contributed by atoms with Crippen molar-refractivity contribution >= 4 is 22.9 Å². The van der Waals surface area contributed by atoms with Crippen LogP contribution in [0.15, 0.2) is 59.3 Å². The highest BCUT2D eigenvalue weighted by molar-refractivity contribution is 5.96. The fraction of sp³-hybridized carbons (Fsp3) is 0.167. The van der Waals surface area contributed by atoms with Gasteiger partial charge in [-0.25, -0.2) is 4.98 Å². The molecular formula is C18H17N3O3. The van der Waals surface area contributed by atoms with Gasteiger partial charge in [-0.1, -0.05) is 24.3 Å². The Morgan fingerprint density at radius 2 is 1.88 bits per heavy atom. The molecular weight excluding hydrogens is 306 g/mol. The number of rotatable bonds is 6. The summed E-state index contributed by atoms with van der Waals surface area (Å²) in [6.07, 6.45) is 2.09. The highest BCUT2D eigenvalue weighted by atomic mass is 16.3. The molecule has 3 rings (SSSR count). The highest BCUT2D eigenvalue weighted by Gasteiger charge is 2.07. The van der Waals surface area contributed by atoms with Gasteiger partial charge >= 0.3 is 0 Å². The first-order valence-electron chi connectivity index (χ1n) is 7.64. The molecule has 0 atom stereocenters. The third-order valence-corrected chi connectivity index (χ3v) is 3.58. The molecule has 0 saturated heterocycles. The van der Waals surface area contributed by atoms with Crippen molar-refractivity contribution in [2.75, 3.05) is 13.1 Å². The number of hydrogen-bond acceptors (Lipinski definition) is 4. The normalized spacial score (nSPS) is 10.5. The van der Waals surface area contributed by atoms with Gasteiger partial charge in [0.15, 0.2) is 12.0 Å². The van der Waals surface area contributed by atoms with Crippen molar-refractivity contribution in [1.29, 1.82) is 0 Å². The van der Waals surface area contributed by atoms with Gasteiger partial charge in [-0.05, 0) is 36.2 Å². The Bertz CT molecular complexity index is 843. The summed E-state index contributed by atoms with van der Waals surface area (Å²) in [4.78, 5) is 27.7. The summed E-state index contributed by atoms with van der Waals surface area (Å²) in [5.41, 5.74) is 3.14. The second kappa shape index (κ2) is 7.41. The summed E-state index contributed by atoms with van der Waals surface area (Å²) in [7, 11) is 0. The molecule has 0 saturated carbocycles. The van der Waals surface area contributed by atoms with Gasteiger partial charge in [-0.2, -0.15) is 0 Å². The topological polar surface area (TPSA) is 84.2 Å². The van der Waals surface area contributed by atoms with E-state index in [2.05, 4.69) is 15.6 Å². The molecule has 1 aromatic heterocycles. The summed E-state index contributed by atoms with van der Waals surface area (Å²) >= 11 is 0. The van der Waals surface area contributed by atoms with E-state index in [0.29, 0.717) is 18.5 Å². The maximum Gasteiger partial charge on any atom is 0.251 e. The Morgan fingerprint density at radius 3 is 2.71 bits per heavy atom. The zero-order valence-electron chi connectivity index (χ0n) is 13.0. The molecule has 0 bridgehead atoms. The maximum absolute atomic E-state index is 11.8. The predicted molar refractivity (Wildman–Crippen MR) is 89.5 cm³/mol. The summed E-state index contributed by atoms with van der Waals surface area (Å²) in [5.74, 6) is -0.482. The largest absolute Gasteiger partial charge is 0.443 e. The molecule has 1 heterocycles. The molecule has 0 aliphatic rings. The van der Waals surface area contributed by atoms with Gasteiger partial charge in [0.2, 0.25) is 5.91 Å². The molecule has 0 aliphatic heterocycles. The van der Waals surface area contributed by atoms with Crippen LogP contribution in [0.2, 0.25) is 0 Å². The Labute approximate surface area is 138 Å². The number of oxazole rings is 1. The van der Waals surface area contributed by atoms with Gasteiger partial charge in [-0.15, -0.1) is 0 Å². The monoisotopic (exact) mass is 323 g/mol. The lowest BCUT2D eigenvalue weighted by molar-refractivity contribution is -0.120. The van der Waals surface area contributed by atoms with Crippen LogP contribution in [0.25, 0.3) is 11.1 Å². The second-order valence-corrected chi connectivity index (χ2v) is 5.30. The molecule has 3 aromatic rings. The molecule has 0 radical (unpaired) electrons. The predicted octanol–water partition coefficient (Wildman–Crippen LogP) is 1.92. The van der Waals surface area contributed by atoms with Crippen molar-refractivity contribution in [2.45, 2.75) is 6.42 Å². The molecule has 122 valence electrons. The van der Waals surface area contributed by atoms with E-state index in [0.717, 1.165) is 16.7 Å². The van der Waals surface area contributed by atoms with Crippen molar-refractivity contribution in [3.05, 3.63) is 66.1 Å². The minimum Gasteiger partial charge on any atom is -0.443 e. The standard InChI is InChI=1S/C18H17N3O3/c22-17(11-20-18(23)14-4-2-1-3-5-14)19-9-8-13-6-7-16-15(10-13)21-12-24-16/h1-7,10,12H,8-9,11H2,(H,19,22)(H,20,23). The molecule has 24 heavy (non-hydrogen) atoms. The lowest BCUT2D eigenvalue weighted by Gasteiger charge is -2.07. The molecule has 0 unspecified atom stereocenters. The molecule has 6 heteroatoms. The van der Waals surface area contributed by atoms with E-state index < -0.39 is 0 Å². The SMILES string of the molecule is O=C(CNC(=O)c1ccccc1)NCCc1ccc2ocnc2c1. The van der Waals surface area contributed by atoms with E-state index in [4.69, 9.17) is 4.42 Å². The van der Waals surface area contributed by atoms with Crippen molar-refractivity contribution in [3.63, 3.8) is 0 Å². The van der Waals surface area contributed by atoms with Crippen LogP contribution >= 0.6 is 0 Å². The van der Waals surface area contributed by atoms with Crippen LogP contribution in [0.5, 0.6) is 0 Å². The lowest BCUT2D eigenvalue weighted by Crippen LogP contribution is -2.37. The second-order valence-electron chi connectivity index (χ2n) is 5.30. The number of hydrogen-bond donors (Lipinski definition) is 2. The average molecular weight is 323 g/mol. The number of fused-ring (bicyclic) bond motifs is 1. The van der Waals surface area contributed by atoms with Gasteiger partial charge in [0, 0.05) is 12.1 Å². The van der Waals surface area contributed by atoms with Crippen LogP contribution in [-0.2, 0) is 11.2 Å². The molecule has 0 spiro atoms. The first kappa shape index (κ1) is 15.7. The van der Waals surface area contributed by atoms with Gasteiger partial charge in [0.25, 0.3) is 5.91 Å². The number of nitrogens with zero attached hydrogens (tertiary/aromatic N) is 1. The molecule has 2 amide bonds. The zero-order chi connectivity index (χ0) is 16.8. The minimum atomic E-state index is -0.262. The summed E-state index contributed by atoms with van der Waals surface area (Å²) in [6.45, 7) is 0.444. The average Bonchev–Trinajstić information content (AvgIpc) is 3.08. The van der Waals surface area contributed by atoms with Crippen molar-refractivity contribution in [3.8, 4) is 0 Å². The number of amides is 2. The van der Waals surface area contributed by atoms with Crippen molar-refractivity contribution in [1.82, 2.24) is 15.6 Å². The zero-order valence-corrected chi connectivity index (χ0v) is 13.0. The van der Waals surface area contributed by atoms with Crippen LogP contribution in [-0.4, -0.2) is 29.9 Å². The van der Waals surface area contributed by atoms with E-state index >= 15 is 0 Å².